The van der Waals surface area contributed by atoms with E-state index in [9.17, 15) is 5.11 Å². The molecule has 0 aliphatic rings. The van der Waals surface area contributed by atoms with Crippen molar-refractivity contribution >= 4 is 0 Å². The Labute approximate surface area is 153 Å². The maximum Gasteiger partial charge on any atom is 0.179 e. The highest BCUT2D eigenvalue weighted by Gasteiger charge is 2.13. The number of hydrogen-bond acceptors (Lipinski definition) is 4. The number of tetrazole rings is 1. The van der Waals surface area contributed by atoms with Gasteiger partial charge in [0.1, 0.15) is 6.10 Å². The highest BCUT2D eigenvalue weighted by molar-refractivity contribution is 4.85. The second kappa shape index (κ2) is 15.1. The van der Waals surface area contributed by atoms with Crippen LogP contribution in [0.15, 0.2) is 12.2 Å². The summed E-state index contributed by atoms with van der Waals surface area (Å²) in [6.07, 6.45) is 21.7. The van der Waals surface area contributed by atoms with Gasteiger partial charge in [-0.05, 0) is 42.5 Å². The molecule has 0 amide bonds. The number of nitrogens with zero attached hydrogens (tertiary/aromatic N) is 4. The summed E-state index contributed by atoms with van der Waals surface area (Å²) in [5.41, 5.74) is 0. The third kappa shape index (κ3) is 11.1. The van der Waals surface area contributed by atoms with Crippen molar-refractivity contribution in [2.24, 2.45) is 7.05 Å². The van der Waals surface area contributed by atoms with Gasteiger partial charge in [-0.3, -0.25) is 0 Å². The smallest absolute Gasteiger partial charge is 0.179 e. The number of aliphatic hydroxyl groups excluding tert-OH is 1. The molecule has 0 fully saturated rings. The second-order valence-corrected chi connectivity index (χ2v) is 7.05. The Morgan fingerprint density at radius 3 is 2.00 bits per heavy atom. The predicted octanol–water partition coefficient (Wildman–Crippen LogP) is 5.28. The zero-order valence-corrected chi connectivity index (χ0v) is 16.4. The molecule has 0 saturated carbocycles. The van der Waals surface area contributed by atoms with E-state index >= 15 is 0 Å². The molecular formula is C20H38N4O. The van der Waals surface area contributed by atoms with Crippen LogP contribution in [-0.4, -0.2) is 25.3 Å². The maximum absolute atomic E-state index is 10.0. The number of unbranched alkanes of at least 4 members (excludes halogenated alkanes) is 11. The minimum absolute atomic E-state index is 0.537. The Kier molecular flexibility index (Phi) is 13.1. The van der Waals surface area contributed by atoms with E-state index in [1.807, 2.05) is 0 Å². The average Bonchev–Trinajstić information content (AvgIpc) is 3.04. The average molecular weight is 351 g/mol. The van der Waals surface area contributed by atoms with E-state index < -0.39 is 6.10 Å². The van der Waals surface area contributed by atoms with Crippen LogP contribution in [0.3, 0.4) is 0 Å². The lowest BCUT2D eigenvalue weighted by Crippen LogP contribution is -2.06. The third-order valence-corrected chi connectivity index (χ3v) is 4.69. The SMILES string of the molecule is CCCCCCCC/C=C\CCCCCCCC(O)c1nnnn1C. The van der Waals surface area contributed by atoms with Gasteiger partial charge in [-0.1, -0.05) is 76.9 Å². The van der Waals surface area contributed by atoms with Crippen LogP contribution in [0.25, 0.3) is 0 Å². The predicted molar refractivity (Wildman–Crippen MR) is 103 cm³/mol. The van der Waals surface area contributed by atoms with E-state index in [0.29, 0.717) is 5.82 Å². The van der Waals surface area contributed by atoms with Crippen LogP contribution in [0.4, 0.5) is 0 Å². The normalized spacial score (nSPS) is 12.9. The van der Waals surface area contributed by atoms with E-state index in [4.69, 9.17) is 0 Å². The molecule has 1 rings (SSSR count). The van der Waals surface area contributed by atoms with E-state index in [2.05, 4.69) is 34.6 Å². The molecule has 1 atom stereocenters. The molecule has 0 aromatic carbocycles. The molecule has 1 unspecified atom stereocenters. The Bertz CT molecular complexity index is 445. The van der Waals surface area contributed by atoms with Crippen LogP contribution >= 0.6 is 0 Å². The first kappa shape index (κ1) is 21.8. The Hall–Kier alpha value is -1.23. The van der Waals surface area contributed by atoms with Gasteiger partial charge in [0.05, 0.1) is 0 Å². The minimum Gasteiger partial charge on any atom is -0.385 e. The van der Waals surface area contributed by atoms with Crippen molar-refractivity contribution in [3.05, 3.63) is 18.0 Å². The molecule has 5 heteroatoms. The Balaban J connectivity index is 1.84. The molecule has 0 bridgehead atoms. The van der Waals surface area contributed by atoms with Gasteiger partial charge in [0.25, 0.3) is 0 Å². The van der Waals surface area contributed by atoms with Gasteiger partial charge < -0.3 is 5.11 Å². The number of allylic oxidation sites excluding steroid dienone is 2. The van der Waals surface area contributed by atoms with E-state index in [-0.39, 0.29) is 0 Å². The fourth-order valence-electron chi connectivity index (χ4n) is 3.06. The number of hydrogen-bond donors (Lipinski definition) is 1. The molecule has 25 heavy (non-hydrogen) atoms. The van der Waals surface area contributed by atoms with E-state index in [1.165, 1.54) is 77.0 Å². The summed E-state index contributed by atoms with van der Waals surface area (Å²) >= 11 is 0. The zero-order chi connectivity index (χ0) is 18.2. The fourth-order valence-corrected chi connectivity index (χ4v) is 3.06. The summed E-state index contributed by atoms with van der Waals surface area (Å²) in [5, 5.41) is 21.2. The van der Waals surface area contributed by atoms with Crippen molar-refractivity contribution in [2.45, 2.75) is 103 Å². The topological polar surface area (TPSA) is 63.8 Å². The quantitative estimate of drug-likeness (QED) is 0.325. The molecule has 0 aliphatic heterocycles. The molecule has 1 aromatic rings. The number of rotatable bonds is 16. The maximum atomic E-state index is 10.0. The molecule has 1 N–H and O–H groups in total. The standard InChI is InChI=1S/C20H38N4O/c1-3-4-5-6-7-8-9-10-11-12-13-14-15-16-17-18-19(25)20-21-22-23-24(20)2/h10-11,19,25H,3-9,12-18H2,1-2H3/b11-10-. The minimum atomic E-state index is -0.537. The van der Waals surface area contributed by atoms with Crippen molar-refractivity contribution in [1.29, 1.82) is 0 Å². The highest BCUT2D eigenvalue weighted by Crippen LogP contribution is 2.17. The van der Waals surface area contributed by atoms with Gasteiger partial charge in [-0.25, -0.2) is 4.68 Å². The number of aromatic nitrogens is 4. The van der Waals surface area contributed by atoms with Crippen molar-refractivity contribution < 1.29 is 5.11 Å². The van der Waals surface area contributed by atoms with Gasteiger partial charge in [0.2, 0.25) is 0 Å². The molecule has 0 spiro atoms. The highest BCUT2D eigenvalue weighted by atomic mass is 16.3. The first-order chi connectivity index (χ1) is 12.3. The lowest BCUT2D eigenvalue weighted by atomic mass is 10.1. The van der Waals surface area contributed by atoms with Gasteiger partial charge in [-0.2, -0.15) is 0 Å². The monoisotopic (exact) mass is 350 g/mol. The number of aliphatic hydroxyl groups is 1. The van der Waals surface area contributed by atoms with Crippen molar-refractivity contribution in [1.82, 2.24) is 20.2 Å². The van der Waals surface area contributed by atoms with Crippen molar-refractivity contribution in [3.63, 3.8) is 0 Å². The molecule has 0 aliphatic carbocycles. The lowest BCUT2D eigenvalue weighted by Gasteiger charge is -2.08. The second-order valence-electron chi connectivity index (χ2n) is 7.05. The Morgan fingerprint density at radius 1 is 0.880 bits per heavy atom. The van der Waals surface area contributed by atoms with Crippen LogP contribution in [0, 0.1) is 0 Å². The molecular weight excluding hydrogens is 312 g/mol. The van der Waals surface area contributed by atoms with Crippen LogP contribution < -0.4 is 0 Å². The molecule has 1 aromatic heterocycles. The van der Waals surface area contributed by atoms with Crippen LogP contribution in [0.1, 0.15) is 109 Å². The summed E-state index contributed by atoms with van der Waals surface area (Å²) in [6, 6.07) is 0. The van der Waals surface area contributed by atoms with Crippen LogP contribution in [-0.2, 0) is 7.05 Å². The summed E-state index contributed by atoms with van der Waals surface area (Å²) in [6.45, 7) is 2.27. The summed E-state index contributed by atoms with van der Waals surface area (Å²) in [7, 11) is 1.76. The largest absolute Gasteiger partial charge is 0.385 e. The first-order valence-corrected chi connectivity index (χ1v) is 10.3. The molecule has 5 nitrogen and oxygen atoms in total. The fraction of sp³-hybridized carbons (Fsp3) is 0.850. The molecule has 144 valence electrons. The summed E-state index contributed by atoms with van der Waals surface area (Å²) in [4.78, 5) is 0. The van der Waals surface area contributed by atoms with Gasteiger partial charge in [-0.15, -0.1) is 5.10 Å². The van der Waals surface area contributed by atoms with Gasteiger partial charge in [0.15, 0.2) is 5.82 Å². The summed E-state index contributed by atoms with van der Waals surface area (Å²) < 4.78 is 1.54. The first-order valence-electron chi connectivity index (χ1n) is 10.3. The van der Waals surface area contributed by atoms with E-state index in [0.717, 1.165) is 12.8 Å². The number of aryl methyl sites for hydroxylation is 1. The molecule has 0 saturated heterocycles. The van der Waals surface area contributed by atoms with Crippen molar-refractivity contribution in [2.75, 3.05) is 0 Å². The Morgan fingerprint density at radius 2 is 1.44 bits per heavy atom. The summed E-state index contributed by atoms with van der Waals surface area (Å²) in [5.74, 6) is 0.565. The van der Waals surface area contributed by atoms with Crippen LogP contribution in [0.2, 0.25) is 0 Å². The van der Waals surface area contributed by atoms with Gasteiger partial charge in [0, 0.05) is 7.05 Å². The van der Waals surface area contributed by atoms with Crippen LogP contribution in [0.5, 0.6) is 0 Å². The molecule has 0 radical (unpaired) electrons. The van der Waals surface area contributed by atoms with Gasteiger partial charge >= 0.3 is 0 Å². The third-order valence-electron chi connectivity index (χ3n) is 4.69. The lowest BCUT2D eigenvalue weighted by molar-refractivity contribution is 0.149. The zero-order valence-electron chi connectivity index (χ0n) is 16.4. The van der Waals surface area contributed by atoms with Crippen molar-refractivity contribution in [3.8, 4) is 0 Å². The van der Waals surface area contributed by atoms with E-state index in [1.54, 1.807) is 11.7 Å². The molecule has 1 heterocycles.